The third kappa shape index (κ3) is 4.28. The molecule has 2 N–H and O–H groups in total. The first kappa shape index (κ1) is 23.4. The molecule has 0 radical (unpaired) electrons. The molecule has 2 fully saturated rings. The molecular formula is C25H29N3O4S. The number of hydrogen-bond donors (Lipinski definition) is 2. The fraction of sp³-hybridized carbons (Fsp3) is 0.480. The van der Waals surface area contributed by atoms with E-state index in [-0.39, 0.29) is 30.4 Å². The number of ketones is 1. The summed E-state index contributed by atoms with van der Waals surface area (Å²) in [5.74, 6) is -0.670. The quantitative estimate of drug-likeness (QED) is 0.579. The molecular weight excluding hydrogens is 438 g/mol. The summed E-state index contributed by atoms with van der Waals surface area (Å²) < 4.78 is 29.1. The lowest BCUT2D eigenvalue weighted by atomic mass is 9.70. The smallest absolute Gasteiger partial charge is 0.239 e. The lowest BCUT2D eigenvalue weighted by Crippen LogP contribution is -2.52. The number of amides is 1. The van der Waals surface area contributed by atoms with E-state index >= 15 is 0 Å². The second-order valence-corrected chi connectivity index (χ2v) is 11.6. The predicted molar refractivity (Wildman–Crippen MR) is 126 cm³/mol. The van der Waals surface area contributed by atoms with E-state index < -0.39 is 32.8 Å². The third-order valence-electron chi connectivity index (χ3n) is 7.81. The molecule has 8 heteroatoms. The minimum Gasteiger partial charge on any atom is -0.342 e. The summed E-state index contributed by atoms with van der Waals surface area (Å²) in [7, 11) is -3.96. The van der Waals surface area contributed by atoms with Crippen LogP contribution in [0.4, 0.5) is 0 Å². The van der Waals surface area contributed by atoms with E-state index in [1.54, 1.807) is 0 Å². The number of Topliss-reactive ketones (excluding diaryl/α,β-unsaturated/α-hetero) is 1. The van der Waals surface area contributed by atoms with Crippen molar-refractivity contribution in [1.82, 2.24) is 10.0 Å². The Kier molecular flexibility index (Phi) is 6.06. The zero-order valence-corrected chi connectivity index (χ0v) is 19.7. The number of carbonyl (C=O) groups is 2. The van der Waals surface area contributed by atoms with Crippen molar-refractivity contribution in [1.29, 1.82) is 5.26 Å². The van der Waals surface area contributed by atoms with Gasteiger partial charge in [-0.25, -0.2) is 13.1 Å². The summed E-state index contributed by atoms with van der Waals surface area (Å²) >= 11 is 0. The average Bonchev–Trinajstić information content (AvgIpc) is 3.10. The van der Waals surface area contributed by atoms with Crippen molar-refractivity contribution in [2.75, 3.05) is 12.3 Å². The molecule has 0 aromatic heterocycles. The first-order chi connectivity index (χ1) is 15.6. The number of nitrogens with zero attached hydrogens (tertiary/aromatic N) is 1. The number of rotatable bonds is 8. The van der Waals surface area contributed by atoms with E-state index in [1.165, 1.54) is 0 Å². The van der Waals surface area contributed by atoms with Gasteiger partial charge in [-0.3, -0.25) is 9.59 Å². The molecule has 3 atom stereocenters. The molecule has 33 heavy (non-hydrogen) atoms. The van der Waals surface area contributed by atoms with E-state index in [0.717, 1.165) is 22.8 Å². The zero-order chi connectivity index (χ0) is 23.9. The van der Waals surface area contributed by atoms with Crippen LogP contribution in [0.5, 0.6) is 0 Å². The van der Waals surface area contributed by atoms with E-state index in [1.807, 2.05) is 62.4 Å². The first-order valence-corrected chi connectivity index (χ1v) is 12.9. The number of carbonyl (C=O) groups excluding carboxylic acids is 2. The summed E-state index contributed by atoms with van der Waals surface area (Å²) in [4.78, 5) is 25.6. The Labute approximate surface area is 194 Å². The van der Waals surface area contributed by atoms with Crippen LogP contribution in [-0.2, 0) is 26.0 Å². The predicted octanol–water partition coefficient (Wildman–Crippen LogP) is 2.71. The molecule has 0 spiro atoms. The van der Waals surface area contributed by atoms with Gasteiger partial charge in [0.1, 0.15) is 18.4 Å². The highest BCUT2D eigenvalue weighted by Crippen LogP contribution is 2.64. The topological polar surface area (TPSA) is 116 Å². The van der Waals surface area contributed by atoms with Crippen LogP contribution in [0, 0.1) is 28.1 Å². The van der Waals surface area contributed by atoms with Crippen LogP contribution < -0.4 is 10.0 Å². The van der Waals surface area contributed by atoms with Crippen LogP contribution in [0.15, 0.2) is 42.5 Å². The molecule has 0 heterocycles. The molecule has 2 aromatic carbocycles. The van der Waals surface area contributed by atoms with E-state index in [0.29, 0.717) is 12.8 Å². The Balaban J connectivity index is 1.58. The van der Waals surface area contributed by atoms with Gasteiger partial charge < -0.3 is 5.32 Å². The minimum absolute atomic E-state index is 0.00846. The Morgan fingerprint density at radius 1 is 1.21 bits per heavy atom. The van der Waals surface area contributed by atoms with Crippen LogP contribution in [0.1, 0.15) is 38.7 Å². The van der Waals surface area contributed by atoms with Crippen molar-refractivity contribution in [2.45, 2.75) is 45.6 Å². The molecule has 2 bridgehead atoms. The van der Waals surface area contributed by atoms with Crippen molar-refractivity contribution < 1.29 is 18.0 Å². The van der Waals surface area contributed by atoms with Crippen molar-refractivity contribution >= 4 is 32.5 Å². The molecule has 0 aliphatic heterocycles. The molecule has 2 aromatic rings. The van der Waals surface area contributed by atoms with Crippen LogP contribution in [0.3, 0.4) is 0 Å². The van der Waals surface area contributed by atoms with Gasteiger partial charge in [0, 0.05) is 11.8 Å². The standard InChI is InChI=1S/C25H29N3O4S/c1-24(2)20-9-10-25(24,22(29)15-20)16-33(31,32)28-21(23(30)27-12-11-26)14-17-7-8-18-5-3-4-6-19(18)13-17/h3-8,13,20-21,28H,9-10,12,14-16H2,1-2H3,(H,27,30). The lowest BCUT2D eigenvalue weighted by Gasteiger charge is -2.36. The first-order valence-electron chi connectivity index (χ1n) is 11.2. The summed E-state index contributed by atoms with van der Waals surface area (Å²) in [5.41, 5.74) is -0.513. The summed E-state index contributed by atoms with van der Waals surface area (Å²) in [6, 6.07) is 14.3. The normalized spacial score (nSPS) is 24.5. The maximum absolute atomic E-state index is 13.3. The number of sulfonamides is 1. The van der Waals surface area contributed by atoms with Crippen molar-refractivity contribution in [3.05, 3.63) is 48.0 Å². The maximum Gasteiger partial charge on any atom is 0.239 e. The Morgan fingerprint density at radius 2 is 1.94 bits per heavy atom. The Hall–Kier alpha value is -2.76. The highest BCUT2D eigenvalue weighted by Gasteiger charge is 2.65. The summed E-state index contributed by atoms with van der Waals surface area (Å²) in [6.07, 6.45) is 1.96. The molecule has 0 saturated heterocycles. The van der Waals surface area contributed by atoms with Crippen molar-refractivity contribution in [3.63, 3.8) is 0 Å². The van der Waals surface area contributed by atoms with Gasteiger partial charge in [0.15, 0.2) is 0 Å². The largest absolute Gasteiger partial charge is 0.342 e. The summed E-state index contributed by atoms with van der Waals surface area (Å²) in [6.45, 7) is 3.75. The van der Waals surface area contributed by atoms with E-state index in [2.05, 4.69) is 10.0 Å². The number of hydrogen-bond acceptors (Lipinski definition) is 5. The van der Waals surface area contributed by atoms with Crippen LogP contribution in [-0.4, -0.2) is 38.4 Å². The molecule has 2 saturated carbocycles. The zero-order valence-electron chi connectivity index (χ0n) is 18.9. The average molecular weight is 468 g/mol. The van der Waals surface area contributed by atoms with Gasteiger partial charge in [0.25, 0.3) is 0 Å². The van der Waals surface area contributed by atoms with Gasteiger partial charge in [0.2, 0.25) is 15.9 Å². The van der Waals surface area contributed by atoms with Gasteiger partial charge in [-0.15, -0.1) is 0 Å². The maximum atomic E-state index is 13.3. The number of nitriles is 1. The monoisotopic (exact) mass is 467 g/mol. The fourth-order valence-electron chi connectivity index (χ4n) is 5.73. The second-order valence-electron chi connectivity index (χ2n) is 9.86. The van der Waals surface area contributed by atoms with E-state index in [9.17, 15) is 18.0 Å². The molecule has 2 aliphatic carbocycles. The second kappa shape index (κ2) is 8.54. The van der Waals surface area contributed by atoms with Crippen LogP contribution in [0.25, 0.3) is 10.8 Å². The van der Waals surface area contributed by atoms with Gasteiger partial charge in [-0.2, -0.15) is 5.26 Å². The molecule has 4 rings (SSSR count). The van der Waals surface area contributed by atoms with E-state index in [4.69, 9.17) is 5.26 Å². The van der Waals surface area contributed by atoms with Crippen LogP contribution >= 0.6 is 0 Å². The lowest BCUT2D eigenvalue weighted by molar-refractivity contribution is -0.128. The van der Waals surface area contributed by atoms with Crippen LogP contribution in [0.2, 0.25) is 0 Å². The highest BCUT2D eigenvalue weighted by molar-refractivity contribution is 7.89. The molecule has 2 aliphatic rings. The highest BCUT2D eigenvalue weighted by atomic mass is 32.2. The minimum atomic E-state index is -3.96. The van der Waals surface area contributed by atoms with Crippen molar-refractivity contribution in [2.24, 2.45) is 16.7 Å². The summed E-state index contributed by atoms with van der Waals surface area (Å²) in [5, 5.41) is 13.3. The SMILES string of the molecule is CC1(C)C2CCC1(CS(=O)(=O)NC(Cc1ccc3ccccc3c1)C(=O)NCC#N)C(=O)C2. The van der Waals surface area contributed by atoms with Gasteiger partial charge >= 0.3 is 0 Å². The molecule has 3 unspecified atom stereocenters. The Morgan fingerprint density at radius 3 is 2.58 bits per heavy atom. The van der Waals surface area contributed by atoms with Gasteiger partial charge in [-0.1, -0.05) is 56.3 Å². The molecule has 1 amide bonds. The van der Waals surface area contributed by atoms with Gasteiger partial charge in [0.05, 0.1) is 11.8 Å². The fourth-order valence-corrected chi connectivity index (χ4v) is 7.76. The molecule has 7 nitrogen and oxygen atoms in total. The number of benzene rings is 2. The molecule has 174 valence electrons. The third-order valence-corrected chi connectivity index (χ3v) is 9.33. The van der Waals surface area contributed by atoms with Gasteiger partial charge in [-0.05, 0) is 46.9 Å². The Bertz CT molecular complexity index is 1250. The number of nitrogens with one attached hydrogen (secondary N) is 2. The number of fused-ring (bicyclic) bond motifs is 3. The van der Waals surface area contributed by atoms with Crippen molar-refractivity contribution in [3.8, 4) is 6.07 Å².